The lowest BCUT2D eigenvalue weighted by Crippen LogP contribution is -2.58. The van der Waals surface area contributed by atoms with Gasteiger partial charge in [0.2, 0.25) is 16.0 Å². The summed E-state index contributed by atoms with van der Waals surface area (Å²) in [6, 6.07) is 4.24. The lowest BCUT2D eigenvalue weighted by molar-refractivity contribution is 0.0987. The number of nitrogens with two attached hydrogens (primary N) is 1. The van der Waals surface area contributed by atoms with Crippen LogP contribution in [0.25, 0.3) is 0 Å². The summed E-state index contributed by atoms with van der Waals surface area (Å²) in [7, 11) is -2.46. The SMILES string of the molecule is Cc1cnc(C(=O)Cc2ccc(F)c([C@@]3(C)N=C(N)N(C)S(=O)(=O)C34CC4)c2)cn1. The van der Waals surface area contributed by atoms with E-state index in [4.69, 9.17) is 5.73 Å². The molecule has 30 heavy (non-hydrogen) atoms. The Labute approximate surface area is 174 Å². The number of rotatable bonds is 4. The van der Waals surface area contributed by atoms with E-state index in [1.807, 2.05) is 0 Å². The third-order valence-corrected chi connectivity index (χ3v) is 8.79. The van der Waals surface area contributed by atoms with Crippen LogP contribution in [-0.2, 0) is 22.0 Å². The van der Waals surface area contributed by atoms with Gasteiger partial charge < -0.3 is 5.73 Å². The maximum Gasteiger partial charge on any atom is 0.245 e. The van der Waals surface area contributed by atoms with Crippen molar-refractivity contribution in [3.8, 4) is 0 Å². The van der Waals surface area contributed by atoms with Gasteiger partial charge in [0.05, 0.1) is 11.9 Å². The molecule has 0 radical (unpaired) electrons. The van der Waals surface area contributed by atoms with E-state index in [-0.39, 0.29) is 29.4 Å². The molecule has 8 nitrogen and oxygen atoms in total. The molecule has 158 valence electrons. The Morgan fingerprint density at radius 3 is 2.57 bits per heavy atom. The van der Waals surface area contributed by atoms with Gasteiger partial charge in [0.25, 0.3) is 0 Å². The van der Waals surface area contributed by atoms with Crippen molar-refractivity contribution in [2.45, 2.75) is 43.4 Å². The zero-order valence-corrected chi connectivity index (χ0v) is 17.7. The zero-order chi connectivity index (χ0) is 21.9. The Kier molecular flexibility index (Phi) is 4.46. The summed E-state index contributed by atoms with van der Waals surface area (Å²) < 4.78 is 40.8. The fourth-order valence-electron chi connectivity index (χ4n) is 4.07. The first-order valence-electron chi connectivity index (χ1n) is 9.46. The summed E-state index contributed by atoms with van der Waals surface area (Å²) in [4.78, 5) is 25.1. The van der Waals surface area contributed by atoms with Gasteiger partial charge in [0, 0.05) is 25.2 Å². The van der Waals surface area contributed by atoms with E-state index in [9.17, 15) is 17.6 Å². The van der Waals surface area contributed by atoms with Crippen molar-refractivity contribution >= 4 is 21.8 Å². The number of aliphatic imine (C=N–C) groups is 1. The molecular formula is C20H22FN5O3S. The number of hydrogen-bond donors (Lipinski definition) is 1. The van der Waals surface area contributed by atoms with E-state index in [1.165, 1.54) is 37.6 Å². The Hall–Kier alpha value is -2.88. The van der Waals surface area contributed by atoms with Crippen LogP contribution in [-0.4, -0.2) is 46.2 Å². The van der Waals surface area contributed by atoms with Crippen LogP contribution < -0.4 is 5.73 Å². The fourth-order valence-corrected chi connectivity index (χ4v) is 6.16. The first kappa shape index (κ1) is 20.4. The minimum absolute atomic E-state index is 0.0278. The first-order chi connectivity index (χ1) is 14.0. The Balaban J connectivity index is 1.75. The van der Waals surface area contributed by atoms with Crippen molar-refractivity contribution in [3.63, 3.8) is 0 Å². The zero-order valence-electron chi connectivity index (χ0n) is 16.9. The van der Waals surface area contributed by atoms with Gasteiger partial charge in [0.15, 0.2) is 5.78 Å². The highest BCUT2D eigenvalue weighted by atomic mass is 32.2. The number of hydrogen-bond acceptors (Lipinski definition) is 7. The summed E-state index contributed by atoms with van der Waals surface area (Å²) >= 11 is 0. The monoisotopic (exact) mass is 431 g/mol. The average molecular weight is 431 g/mol. The van der Waals surface area contributed by atoms with E-state index in [2.05, 4.69) is 15.0 Å². The van der Waals surface area contributed by atoms with Gasteiger partial charge >= 0.3 is 0 Å². The summed E-state index contributed by atoms with van der Waals surface area (Å²) in [6.07, 6.45) is 3.59. The molecule has 1 saturated carbocycles. The van der Waals surface area contributed by atoms with Crippen LogP contribution in [0.4, 0.5) is 4.39 Å². The molecule has 1 aliphatic heterocycles. The molecule has 2 aromatic rings. The third kappa shape index (κ3) is 2.81. The van der Waals surface area contributed by atoms with Gasteiger partial charge in [-0.2, -0.15) is 0 Å². The molecule has 0 unspecified atom stereocenters. The second-order valence-electron chi connectivity index (χ2n) is 7.97. The highest BCUT2D eigenvalue weighted by molar-refractivity contribution is 7.91. The van der Waals surface area contributed by atoms with Crippen molar-refractivity contribution in [1.29, 1.82) is 0 Å². The largest absolute Gasteiger partial charge is 0.369 e. The molecule has 1 fully saturated rings. The number of halogens is 1. The number of carbonyl (C=O) groups is 1. The molecule has 1 aromatic carbocycles. The number of benzene rings is 1. The van der Waals surface area contributed by atoms with E-state index in [0.29, 0.717) is 24.1 Å². The summed E-state index contributed by atoms with van der Waals surface area (Å²) in [6.45, 7) is 3.36. The van der Waals surface area contributed by atoms with E-state index in [0.717, 1.165) is 4.31 Å². The smallest absolute Gasteiger partial charge is 0.245 e. The number of nitrogens with zero attached hydrogens (tertiary/aromatic N) is 4. The minimum atomic E-state index is -3.81. The Morgan fingerprint density at radius 2 is 1.97 bits per heavy atom. The van der Waals surface area contributed by atoms with Gasteiger partial charge in [0.1, 0.15) is 21.8 Å². The molecule has 4 rings (SSSR count). The molecule has 1 spiro atoms. The number of Topliss-reactive ketones (excluding diaryl/α,β-unsaturated/α-hetero) is 1. The number of aromatic nitrogens is 2. The standard InChI is InChI=1S/C20H22FN5O3S/c1-12-10-24-16(11-23-12)17(27)9-13-4-5-15(21)14(8-13)19(2)20(6-7-20)30(28,29)26(3)18(22)25-19/h4-5,8,10-11H,6-7,9H2,1-3H3,(H2,22,25)/t19-/m1/s1. The predicted octanol–water partition coefficient (Wildman–Crippen LogP) is 1.69. The van der Waals surface area contributed by atoms with Gasteiger partial charge in [-0.15, -0.1) is 0 Å². The number of guanidine groups is 1. The molecule has 1 aromatic heterocycles. The Morgan fingerprint density at radius 1 is 1.27 bits per heavy atom. The van der Waals surface area contributed by atoms with E-state index < -0.39 is 26.1 Å². The average Bonchev–Trinajstić information content (AvgIpc) is 3.51. The lowest BCUT2D eigenvalue weighted by Gasteiger charge is -2.42. The van der Waals surface area contributed by atoms with Gasteiger partial charge in [-0.25, -0.2) is 27.1 Å². The maximum absolute atomic E-state index is 14.9. The topological polar surface area (TPSA) is 119 Å². The first-order valence-corrected chi connectivity index (χ1v) is 10.9. The van der Waals surface area contributed by atoms with E-state index >= 15 is 0 Å². The van der Waals surface area contributed by atoms with Crippen LogP contribution in [0.3, 0.4) is 0 Å². The van der Waals surface area contributed by atoms with Crippen molar-refractivity contribution in [3.05, 3.63) is 58.9 Å². The third-order valence-electron chi connectivity index (χ3n) is 6.09. The van der Waals surface area contributed by atoms with E-state index in [1.54, 1.807) is 13.8 Å². The van der Waals surface area contributed by atoms with Crippen molar-refractivity contribution in [2.24, 2.45) is 10.7 Å². The van der Waals surface area contributed by atoms with Gasteiger partial charge in [-0.05, 0) is 44.4 Å². The highest BCUT2D eigenvalue weighted by Gasteiger charge is 2.70. The van der Waals surface area contributed by atoms with Crippen LogP contribution in [0.2, 0.25) is 0 Å². The molecule has 10 heteroatoms. The minimum Gasteiger partial charge on any atom is -0.369 e. The number of aryl methyl sites for hydroxylation is 1. The Bertz CT molecular complexity index is 1180. The molecule has 0 saturated heterocycles. The predicted molar refractivity (Wildman–Crippen MR) is 109 cm³/mol. The molecule has 2 N–H and O–H groups in total. The van der Waals surface area contributed by atoms with Crippen LogP contribution >= 0.6 is 0 Å². The number of carbonyl (C=O) groups excluding carboxylic acids is 1. The van der Waals surface area contributed by atoms with Gasteiger partial charge in [-0.3, -0.25) is 9.78 Å². The molecule has 1 atom stereocenters. The van der Waals surface area contributed by atoms with Crippen LogP contribution in [0.1, 0.15) is 47.1 Å². The molecular weight excluding hydrogens is 409 g/mol. The molecule has 0 bridgehead atoms. The second-order valence-corrected chi connectivity index (χ2v) is 10.2. The summed E-state index contributed by atoms with van der Waals surface area (Å²) in [5, 5.41) is 0. The lowest BCUT2D eigenvalue weighted by atomic mass is 9.85. The number of ketones is 1. The fraction of sp³-hybridized carbons (Fsp3) is 0.400. The van der Waals surface area contributed by atoms with Gasteiger partial charge in [-0.1, -0.05) is 6.07 Å². The van der Waals surface area contributed by atoms with Crippen molar-refractivity contribution < 1.29 is 17.6 Å². The van der Waals surface area contributed by atoms with Crippen LogP contribution in [0.15, 0.2) is 35.6 Å². The molecule has 0 amide bonds. The summed E-state index contributed by atoms with van der Waals surface area (Å²) in [5.41, 5.74) is 6.02. The van der Waals surface area contributed by atoms with Crippen molar-refractivity contribution in [1.82, 2.24) is 14.3 Å². The number of sulfonamides is 1. The maximum atomic E-state index is 14.9. The quantitative estimate of drug-likeness (QED) is 0.736. The molecule has 2 heterocycles. The molecule has 1 aliphatic carbocycles. The normalized spacial score (nSPS) is 23.9. The summed E-state index contributed by atoms with van der Waals surface area (Å²) in [5.74, 6) is -1.05. The van der Waals surface area contributed by atoms with Crippen LogP contribution in [0.5, 0.6) is 0 Å². The van der Waals surface area contributed by atoms with Crippen LogP contribution in [0, 0.1) is 12.7 Å². The highest BCUT2D eigenvalue weighted by Crippen LogP contribution is 2.60. The second kappa shape index (κ2) is 6.56. The molecule has 2 aliphatic rings. The van der Waals surface area contributed by atoms with Crippen molar-refractivity contribution in [2.75, 3.05) is 7.05 Å².